The van der Waals surface area contributed by atoms with Gasteiger partial charge in [-0.15, -0.1) is 0 Å². The Morgan fingerprint density at radius 2 is 2.00 bits per heavy atom. The average Bonchev–Trinajstić information content (AvgIpc) is 2.53. The van der Waals surface area contributed by atoms with Gasteiger partial charge in [0.2, 0.25) is 5.76 Å². The van der Waals surface area contributed by atoms with Gasteiger partial charge in [0.05, 0.1) is 12.2 Å². The van der Waals surface area contributed by atoms with E-state index in [1.54, 1.807) is 12.1 Å². The lowest BCUT2D eigenvalue weighted by molar-refractivity contribution is -0.120. The van der Waals surface area contributed by atoms with Crippen molar-refractivity contribution in [2.45, 2.75) is 0 Å². The summed E-state index contributed by atoms with van der Waals surface area (Å²) in [4.78, 5) is 25.1. The van der Waals surface area contributed by atoms with Crippen LogP contribution in [0.4, 0.5) is 5.69 Å². The zero-order valence-electron chi connectivity index (χ0n) is 11.1. The lowest BCUT2D eigenvalue weighted by Gasteiger charge is -2.31. The second-order valence-corrected chi connectivity index (χ2v) is 4.47. The predicted octanol–water partition coefficient (Wildman–Crippen LogP) is 0.998. The van der Waals surface area contributed by atoms with Crippen LogP contribution in [-0.2, 0) is 14.3 Å². The number of carbonyl (C=O) groups excluding carboxylic acids is 1. The van der Waals surface area contributed by atoms with E-state index in [0.717, 1.165) is 0 Å². The lowest BCUT2D eigenvalue weighted by atomic mass is 10.1. The first kappa shape index (κ1) is 13.3. The molecule has 2 aliphatic heterocycles. The van der Waals surface area contributed by atoms with Crippen LogP contribution >= 0.6 is 0 Å². The molecule has 0 aliphatic carbocycles. The topological polar surface area (TPSA) is 85.3 Å². The highest BCUT2D eigenvalue weighted by Crippen LogP contribution is 2.35. The molecule has 21 heavy (non-hydrogen) atoms. The number of para-hydroxylation sites is 1. The van der Waals surface area contributed by atoms with Gasteiger partial charge in [0.25, 0.3) is 5.91 Å². The van der Waals surface area contributed by atoms with Crippen LogP contribution in [0, 0.1) is 0 Å². The molecule has 1 aromatic rings. The average molecular weight is 291 g/mol. The molecule has 1 N–H and O–H groups in total. The van der Waals surface area contributed by atoms with E-state index < -0.39 is 5.97 Å². The summed E-state index contributed by atoms with van der Waals surface area (Å²) in [6, 6.07) is 4.65. The van der Waals surface area contributed by atoms with E-state index in [9.17, 15) is 14.7 Å². The Hall–Kier alpha value is -2.70. The van der Waals surface area contributed by atoms with E-state index in [0.29, 0.717) is 25.4 Å². The maximum absolute atomic E-state index is 12.4. The lowest BCUT2D eigenvalue weighted by Crippen LogP contribution is -2.40. The zero-order chi connectivity index (χ0) is 14.8. The molecule has 0 unspecified atom stereocenters. The fourth-order valence-corrected chi connectivity index (χ4v) is 2.24. The first-order chi connectivity index (χ1) is 10.2. The summed E-state index contributed by atoms with van der Waals surface area (Å²) in [5.41, 5.74) is 0.445. The largest absolute Gasteiger partial charge is 0.494 e. The Bertz CT molecular complexity index is 624. The minimum atomic E-state index is -1.10. The molecule has 1 amide bonds. The number of nitrogens with zero attached hydrogens (tertiary/aromatic N) is 1. The van der Waals surface area contributed by atoms with Crippen molar-refractivity contribution in [3.8, 4) is 5.75 Å². The number of carbonyl (C=O) groups is 2. The summed E-state index contributed by atoms with van der Waals surface area (Å²) >= 11 is 0. The number of amides is 1. The Morgan fingerprint density at radius 3 is 2.71 bits per heavy atom. The van der Waals surface area contributed by atoms with Crippen molar-refractivity contribution in [1.29, 1.82) is 0 Å². The van der Waals surface area contributed by atoms with Crippen LogP contribution < -0.4 is 9.64 Å². The minimum absolute atomic E-state index is 0.0276. The molecule has 0 saturated carbocycles. The highest BCUT2D eigenvalue weighted by molar-refractivity contribution is 6.06. The highest BCUT2D eigenvalue weighted by Gasteiger charge is 2.30. The number of rotatable bonds is 2. The number of ether oxygens (including phenoxy) is 3. The van der Waals surface area contributed by atoms with E-state index in [1.165, 1.54) is 17.2 Å². The summed E-state index contributed by atoms with van der Waals surface area (Å²) in [5.74, 6) is -1.17. The van der Waals surface area contributed by atoms with Gasteiger partial charge in [-0.2, -0.15) is 0 Å². The highest BCUT2D eigenvalue weighted by atomic mass is 16.6. The molecule has 2 heterocycles. The van der Waals surface area contributed by atoms with E-state index >= 15 is 0 Å². The van der Waals surface area contributed by atoms with Crippen molar-refractivity contribution < 1.29 is 28.9 Å². The second-order valence-electron chi connectivity index (χ2n) is 4.47. The first-order valence-electron chi connectivity index (χ1n) is 6.44. The number of aromatic carboxylic acids is 1. The van der Waals surface area contributed by atoms with Gasteiger partial charge in [-0.1, -0.05) is 6.07 Å². The van der Waals surface area contributed by atoms with Gasteiger partial charge in [-0.3, -0.25) is 9.69 Å². The summed E-state index contributed by atoms with van der Waals surface area (Å²) in [7, 11) is 0. The Labute approximate surface area is 120 Å². The monoisotopic (exact) mass is 291 g/mol. The summed E-state index contributed by atoms with van der Waals surface area (Å²) < 4.78 is 15.8. The molecular weight excluding hydrogens is 278 g/mol. The van der Waals surface area contributed by atoms with Crippen molar-refractivity contribution in [2.24, 2.45) is 0 Å². The van der Waals surface area contributed by atoms with Crippen LogP contribution in [-0.4, -0.2) is 43.3 Å². The number of anilines is 1. The van der Waals surface area contributed by atoms with Crippen molar-refractivity contribution in [3.05, 3.63) is 35.8 Å². The molecular formula is C14H13NO6. The van der Waals surface area contributed by atoms with Crippen molar-refractivity contribution in [1.82, 2.24) is 0 Å². The molecule has 0 radical (unpaired) electrons. The van der Waals surface area contributed by atoms with Crippen molar-refractivity contribution >= 4 is 17.6 Å². The maximum Gasteiger partial charge on any atom is 0.339 e. The first-order valence-corrected chi connectivity index (χ1v) is 6.44. The van der Waals surface area contributed by atoms with Gasteiger partial charge in [-0.05, 0) is 12.1 Å². The molecule has 0 fully saturated rings. The Balaban J connectivity index is 1.97. The van der Waals surface area contributed by atoms with Crippen LogP contribution in [0.5, 0.6) is 5.75 Å². The third-order valence-corrected chi connectivity index (χ3v) is 3.18. The van der Waals surface area contributed by atoms with E-state index in [1.807, 2.05) is 0 Å². The van der Waals surface area contributed by atoms with E-state index in [2.05, 4.69) is 0 Å². The molecule has 1 aromatic carbocycles. The van der Waals surface area contributed by atoms with Crippen LogP contribution in [0.3, 0.4) is 0 Å². The van der Waals surface area contributed by atoms with Gasteiger partial charge in [0.15, 0.2) is 5.75 Å². The molecule has 0 atom stereocenters. The zero-order valence-corrected chi connectivity index (χ0v) is 11.1. The molecule has 7 nitrogen and oxygen atoms in total. The van der Waals surface area contributed by atoms with Crippen LogP contribution in [0.1, 0.15) is 10.4 Å². The van der Waals surface area contributed by atoms with Crippen molar-refractivity contribution in [3.63, 3.8) is 0 Å². The van der Waals surface area contributed by atoms with Gasteiger partial charge in [0, 0.05) is 0 Å². The molecule has 0 bridgehead atoms. The normalized spacial score (nSPS) is 16.8. The van der Waals surface area contributed by atoms with Gasteiger partial charge < -0.3 is 19.3 Å². The second kappa shape index (κ2) is 5.35. The Kier molecular flexibility index (Phi) is 3.39. The quantitative estimate of drug-likeness (QED) is 0.875. The third-order valence-electron chi connectivity index (χ3n) is 3.18. The summed E-state index contributed by atoms with van der Waals surface area (Å²) in [6.07, 6.45) is 1.28. The van der Waals surface area contributed by atoms with E-state index in [4.69, 9.17) is 14.2 Å². The van der Waals surface area contributed by atoms with Crippen LogP contribution in [0.2, 0.25) is 0 Å². The van der Waals surface area contributed by atoms with Gasteiger partial charge >= 0.3 is 5.97 Å². The fourth-order valence-electron chi connectivity index (χ4n) is 2.24. The van der Waals surface area contributed by atoms with Gasteiger partial charge in [-0.25, -0.2) is 4.79 Å². The predicted molar refractivity (Wildman–Crippen MR) is 71.2 cm³/mol. The molecule has 3 rings (SSSR count). The van der Waals surface area contributed by atoms with Crippen molar-refractivity contribution in [2.75, 3.05) is 31.3 Å². The SMILES string of the molecule is O=C(O)c1cccc2c1OCCN2C(=O)C1=COCCO1. The molecule has 2 aliphatic rings. The Morgan fingerprint density at radius 1 is 1.14 bits per heavy atom. The molecule has 7 heteroatoms. The standard InChI is InChI=1S/C14H13NO6/c16-13(11-8-19-6-7-20-11)15-4-5-21-12-9(14(17)18)2-1-3-10(12)15/h1-3,8H,4-7H2,(H,17,18). The third kappa shape index (κ3) is 2.37. The number of hydrogen-bond donors (Lipinski definition) is 1. The van der Waals surface area contributed by atoms with E-state index in [-0.39, 0.29) is 29.6 Å². The molecule has 0 saturated heterocycles. The fraction of sp³-hybridized carbons (Fsp3) is 0.286. The smallest absolute Gasteiger partial charge is 0.339 e. The van der Waals surface area contributed by atoms with Crippen LogP contribution in [0.15, 0.2) is 30.2 Å². The molecule has 0 aromatic heterocycles. The molecule has 110 valence electrons. The number of carboxylic acids is 1. The molecule has 0 spiro atoms. The number of benzene rings is 1. The number of fused-ring (bicyclic) bond motifs is 1. The number of carboxylic acid groups (broad SMARTS) is 1. The number of hydrogen-bond acceptors (Lipinski definition) is 5. The summed E-state index contributed by atoms with van der Waals surface area (Å²) in [6.45, 7) is 1.25. The minimum Gasteiger partial charge on any atom is -0.494 e. The van der Waals surface area contributed by atoms with Crippen LogP contribution in [0.25, 0.3) is 0 Å². The maximum atomic E-state index is 12.4. The summed E-state index contributed by atoms with van der Waals surface area (Å²) in [5, 5.41) is 9.17. The van der Waals surface area contributed by atoms with Gasteiger partial charge in [0.1, 0.15) is 31.6 Å².